The van der Waals surface area contributed by atoms with Crippen LogP contribution in [0.25, 0.3) is 0 Å². The number of nitrogens with one attached hydrogen (secondary N) is 2. The lowest BCUT2D eigenvalue weighted by Gasteiger charge is -2.20. The van der Waals surface area contributed by atoms with E-state index in [9.17, 15) is 4.79 Å². The quantitative estimate of drug-likeness (QED) is 0.581. The Morgan fingerprint density at radius 1 is 1.23 bits per heavy atom. The molecule has 0 heterocycles. The number of rotatable bonds is 3. The molecule has 0 saturated carbocycles. The normalized spacial score (nSPS) is 9.92. The molecule has 0 saturated heterocycles. The summed E-state index contributed by atoms with van der Waals surface area (Å²) in [5.74, 6) is 0. The molecule has 0 aromatic carbocycles. The first kappa shape index (κ1) is 14.7. The van der Waals surface area contributed by atoms with Gasteiger partial charge in [-0.05, 0) is 20.8 Å². The molecule has 4 N–H and O–H groups in total. The summed E-state index contributed by atoms with van der Waals surface area (Å²) in [4.78, 5) is 10.2. The summed E-state index contributed by atoms with van der Waals surface area (Å²) in [6, 6.07) is -0.472. The van der Waals surface area contributed by atoms with Crippen molar-refractivity contribution in [3.63, 3.8) is 0 Å². The van der Waals surface area contributed by atoms with Gasteiger partial charge in [-0.1, -0.05) is 13.8 Å². The molecular formula is C9H23N3O. The Labute approximate surface area is 81.3 Å². The summed E-state index contributed by atoms with van der Waals surface area (Å²) in [7, 11) is 0. The molecule has 0 aliphatic rings. The maximum absolute atomic E-state index is 10.2. The summed E-state index contributed by atoms with van der Waals surface area (Å²) in [5, 5.41) is 5.70. The van der Waals surface area contributed by atoms with Gasteiger partial charge in [0.05, 0.1) is 0 Å². The van der Waals surface area contributed by atoms with Crippen molar-refractivity contribution in [3.05, 3.63) is 0 Å². The van der Waals surface area contributed by atoms with E-state index in [1.807, 2.05) is 13.8 Å². The van der Waals surface area contributed by atoms with Gasteiger partial charge in [0.1, 0.15) is 0 Å². The number of hydrogen-bond donors (Lipinski definition) is 3. The topological polar surface area (TPSA) is 67.2 Å². The van der Waals surface area contributed by atoms with Crippen LogP contribution in [0, 0.1) is 0 Å². The minimum Gasteiger partial charge on any atom is -0.352 e. The van der Waals surface area contributed by atoms with E-state index in [0.29, 0.717) is 6.54 Å². The van der Waals surface area contributed by atoms with Gasteiger partial charge in [-0.2, -0.15) is 0 Å². The van der Waals surface area contributed by atoms with Crippen molar-refractivity contribution in [2.75, 3.05) is 13.1 Å². The highest BCUT2D eigenvalue weighted by molar-refractivity contribution is 5.71. The van der Waals surface area contributed by atoms with E-state index in [0.717, 1.165) is 6.54 Å². The highest BCUT2D eigenvalue weighted by Crippen LogP contribution is 1.95. The molecule has 0 fully saturated rings. The van der Waals surface area contributed by atoms with E-state index in [1.54, 1.807) is 0 Å². The van der Waals surface area contributed by atoms with Crippen LogP contribution in [0.3, 0.4) is 0 Å². The molecule has 0 rings (SSSR count). The number of carbonyl (C=O) groups is 1. The molecule has 0 unspecified atom stereocenters. The molecule has 13 heavy (non-hydrogen) atoms. The first-order valence-corrected chi connectivity index (χ1v) is 4.70. The first-order chi connectivity index (χ1) is 5.92. The van der Waals surface area contributed by atoms with Crippen LogP contribution in [0.5, 0.6) is 0 Å². The summed E-state index contributed by atoms with van der Waals surface area (Å²) in [6.07, 6.45) is 0. The van der Waals surface area contributed by atoms with Gasteiger partial charge in [-0.3, -0.25) is 0 Å². The largest absolute Gasteiger partial charge is 0.352 e. The first-order valence-electron chi connectivity index (χ1n) is 4.70. The smallest absolute Gasteiger partial charge is 0.312 e. The molecule has 0 radical (unpaired) electrons. The van der Waals surface area contributed by atoms with E-state index in [2.05, 4.69) is 31.4 Å². The molecule has 4 heteroatoms. The zero-order chi connectivity index (χ0) is 10.9. The predicted molar refractivity (Wildman–Crippen MR) is 56.7 cm³/mol. The van der Waals surface area contributed by atoms with E-state index >= 15 is 0 Å². The van der Waals surface area contributed by atoms with Gasteiger partial charge in [0.15, 0.2) is 0 Å². The standard InChI is InChI=1S/C7H17N3O.C2H6/c1-7(2,3)10-5-4-9-6(8)11;1-2/h10H,4-5H2,1-3H3,(H3,8,9,11);1-2H3. The summed E-state index contributed by atoms with van der Waals surface area (Å²) in [6.45, 7) is 11.5. The number of nitrogens with two attached hydrogens (primary N) is 1. The van der Waals surface area contributed by atoms with Gasteiger partial charge in [-0.15, -0.1) is 0 Å². The van der Waals surface area contributed by atoms with Gasteiger partial charge in [0, 0.05) is 18.6 Å². The molecule has 0 spiro atoms. The molecule has 0 aliphatic heterocycles. The SMILES string of the molecule is CC.CC(C)(C)NCCNC(N)=O. The van der Waals surface area contributed by atoms with Crippen molar-refractivity contribution in [2.45, 2.75) is 40.2 Å². The lowest BCUT2D eigenvalue weighted by atomic mass is 10.1. The van der Waals surface area contributed by atoms with Crippen LogP contribution in [0.2, 0.25) is 0 Å². The molecular weight excluding hydrogens is 166 g/mol. The molecule has 0 atom stereocenters. The van der Waals surface area contributed by atoms with Gasteiger partial charge >= 0.3 is 6.03 Å². The summed E-state index contributed by atoms with van der Waals surface area (Å²) in [5.41, 5.74) is 4.96. The van der Waals surface area contributed by atoms with Crippen molar-refractivity contribution in [2.24, 2.45) is 5.73 Å². The van der Waals surface area contributed by atoms with Crippen LogP contribution in [0.4, 0.5) is 4.79 Å². The Balaban J connectivity index is 0. The third-order valence-electron chi connectivity index (χ3n) is 1.08. The lowest BCUT2D eigenvalue weighted by Crippen LogP contribution is -2.42. The van der Waals surface area contributed by atoms with Crippen LogP contribution < -0.4 is 16.4 Å². The fraction of sp³-hybridized carbons (Fsp3) is 0.889. The molecule has 0 bridgehead atoms. The minimum atomic E-state index is -0.472. The number of hydrogen-bond acceptors (Lipinski definition) is 2. The van der Waals surface area contributed by atoms with Crippen LogP contribution in [-0.4, -0.2) is 24.7 Å². The molecule has 2 amide bonds. The molecule has 80 valence electrons. The number of amides is 2. The number of primary amides is 1. The van der Waals surface area contributed by atoms with Crippen LogP contribution in [-0.2, 0) is 0 Å². The highest BCUT2D eigenvalue weighted by atomic mass is 16.2. The third-order valence-corrected chi connectivity index (χ3v) is 1.08. The fourth-order valence-corrected chi connectivity index (χ4v) is 0.623. The van der Waals surface area contributed by atoms with Crippen molar-refractivity contribution >= 4 is 6.03 Å². The zero-order valence-electron chi connectivity index (χ0n) is 9.40. The Kier molecular flexibility index (Phi) is 8.91. The molecule has 0 aromatic heterocycles. The number of urea groups is 1. The monoisotopic (exact) mass is 189 g/mol. The van der Waals surface area contributed by atoms with Gasteiger partial charge in [0.2, 0.25) is 0 Å². The van der Waals surface area contributed by atoms with Crippen LogP contribution in [0.1, 0.15) is 34.6 Å². The van der Waals surface area contributed by atoms with Crippen molar-refractivity contribution < 1.29 is 4.79 Å². The van der Waals surface area contributed by atoms with E-state index in [4.69, 9.17) is 5.73 Å². The Morgan fingerprint density at radius 2 is 1.69 bits per heavy atom. The molecule has 4 nitrogen and oxygen atoms in total. The minimum absolute atomic E-state index is 0.0966. The highest BCUT2D eigenvalue weighted by Gasteiger charge is 2.06. The van der Waals surface area contributed by atoms with Gasteiger partial charge in [-0.25, -0.2) is 4.79 Å². The van der Waals surface area contributed by atoms with Crippen molar-refractivity contribution in [1.29, 1.82) is 0 Å². The summed E-state index contributed by atoms with van der Waals surface area (Å²) >= 11 is 0. The third kappa shape index (κ3) is 18.3. The Bertz CT molecular complexity index is 129. The van der Waals surface area contributed by atoms with Crippen LogP contribution in [0.15, 0.2) is 0 Å². The van der Waals surface area contributed by atoms with Gasteiger partial charge in [0.25, 0.3) is 0 Å². The molecule has 0 aliphatic carbocycles. The van der Waals surface area contributed by atoms with Crippen LogP contribution >= 0.6 is 0 Å². The average molecular weight is 189 g/mol. The second-order valence-corrected chi connectivity index (χ2v) is 3.47. The zero-order valence-corrected chi connectivity index (χ0v) is 9.40. The average Bonchev–Trinajstić information content (AvgIpc) is 2.00. The van der Waals surface area contributed by atoms with E-state index in [1.165, 1.54) is 0 Å². The fourth-order valence-electron chi connectivity index (χ4n) is 0.623. The predicted octanol–water partition coefficient (Wildman–Crippen LogP) is 1.07. The Hall–Kier alpha value is -0.770. The maximum atomic E-state index is 10.2. The van der Waals surface area contributed by atoms with E-state index < -0.39 is 6.03 Å². The second kappa shape index (κ2) is 7.86. The van der Waals surface area contributed by atoms with Crippen molar-refractivity contribution in [3.8, 4) is 0 Å². The van der Waals surface area contributed by atoms with E-state index in [-0.39, 0.29) is 5.54 Å². The lowest BCUT2D eigenvalue weighted by molar-refractivity contribution is 0.248. The second-order valence-electron chi connectivity index (χ2n) is 3.47. The van der Waals surface area contributed by atoms with Gasteiger partial charge < -0.3 is 16.4 Å². The summed E-state index contributed by atoms with van der Waals surface area (Å²) < 4.78 is 0. The number of carbonyl (C=O) groups excluding carboxylic acids is 1. The van der Waals surface area contributed by atoms with Crippen molar-refractivity contribution in [1.82, 2.24) is 10.6 Å². The molecule has 0 aromatic rings. The Morgan fingerprint density at radius 3 is 2.00 bits per heavy atom. The maximum Gasteiger partial charge on any atom is 0.312 e.